The van der Waals surface area contributed by atoms with Crippen LogP contribution in [0.3, 0.4) is 0 Å². The van der Waals surface area contributed by atoms with Crippen molar-refractivity contribution in [3.8, 4) is 0 Å². The number of nitrogens with one attached hydrogen (secondary N) is 1. The Morgan fingerprint density at radius 1 is 0.917 bits per heavy atom. The molecule has 0 aliphatic rings. The van der Waals surface area contributed by atoms with E-state index < -0.39 is 5.92 Å². The lowest BCUT2D eigenvalue weighted by Gasteiger charge is -2.16. The number of nitrogens with zero attached hydrogens (tertiary/aromatic N) is 1. The molecule has 0 spiro atoms. The largest absolute Gasteiger partial charge is 0.463 e. The molecule has 0 radical (unpaired) electrons. The predicted octanol–water partition coefficient (Wildman–Crippen LogP) is 3.95. The van der Waals surface area contributed by atoms with Crippen molar-refractivity contribution in [2.24, 2.45) is 5.10 Å². The van der Waals surface area contributed by atoms with Gasteiger partial charge in [0.15, 0.2) is 0 Å². The Hall–Kier alpha value is -3.14. The molecule has 3 aromatic rings. The number of amides is 1. The second kappa shape index (κ2) is 7.42. The quantitative estimate of drug-likeness (QED) is 0.572. The van der Waals surface area contributed by atoms with Crippen LogP contribution in [0.2, 0.25) is 0 Å². The van der Waals surface area contributed by atoms with Crippen LogP contribution in [0.1, 0.15) is 29.7 Å². The summed E-state index contributed by atoms with van der Waals surface area (Å²) in [6.45, 7) is 1.79. The van der Waals surface area contributed by atoms with E-state index in [9.17, 15) is 4.79 Å². The van der Waals surface area contributed by atoms with Gasteiger partial charge in [-0.15, -0.1) is 0 Å². The predicted molar refractivity (Wildman–Crippen MR) is 93.8 cm³/mol. The van der Waals surface area contributed by atoms with E-state index in [2.05, 4.69) is 10.5 Å². The number of hydrazone groups is 1. The first-order chi connectivity index (χ1) is 11.8. The fraction of sp³-hybridized carbons (Fsp3) is 0.100. The molecule has 0 aliphatic carbocycles. The fourth-order valence-corrected chi connectivity index (χ4v) is 2.53. The average molecular weight is 318 g/mol. The van der Waals surface area contributed by atoms with Gasteiger partial charge in [0, 0.05) is 0 Å². The maximum absolute atomic E-state index is 12.8. The number of hydrogen-bond donors (Lipinski definition) is 1. The van der Waals surface area contributed by atoms with Crippen molar-refractivity contribution in [3.05, 3.63) is 95.9 Å². The first-order valence-corrected chi connectivity index (χ1v) is 7.73. The molecular formula is C20H18N2O2. The standard InChI is InChI=1S/C20H18N2O2/c1-15(18-13-8-14-24-18)21-22-20(23)19(16-9-4-2-5-10-16)17-11-6-3-7-12-17/h2-14,19H,1H3,(H,22,23). The summed E-state index contributed by atoms with van der Waals surface area (Å²) in [7, 11) is 0. The van der Waals surface area contributed by atoms with Crippen LogP contribution in [0.25, 0.3) is 0 Å². The van der Waals surface area contributed by atoms with Gasteiger partial charge in [-0.05, 0) is 30.2 Å². The normalized spacial score (nSPS) is 11.5. The first kappa shape index (κ1) is 15.7. The lowest BCUT2D eigenvalue weighted by atomic mass is 9.91. The number of rotatable bonds is 5. The number of furan rings is 1. The van der Waals surface area contributed by atoms with Crippen molar-refractivity contribution in [1.29, 1.82) is 0 Å². The lowest BCUT2D eigenvalue weighted by molar-refractivity contribution is -0.121. The first-order valence-electron chi connectivity index (χ1n) is 7.73. The molecule has 1 amide bonds. The molecule has 1 heterocycles. The Bertz CT molecular complexity index is 770. The Labute approximate surface area is 140 Å². The SMILES string of the molecule is CC(=NNC(=O)C(c1ccccc1)c1ccccc1)c1ccco1. The highest BCUT2D eigenvalue weighted by molar-refractivity contribution is 5.97. The number of hydrogen-bond acceptors (Lipinski definition) is 3. The number of benzene rings is 2. The van der Waals surface area contributed by atoms with E-state index in [4.69, 9.17) is 4.42 Å². The minimum absolute atomic E-state index is 0.182. The summed E-state index contributed by atoms with van der Waals surface area (Å²) in [5, 5.41) is 4.16. The molecule has 0 saturated heterocycles. The van der Waals surface area contributed by atoms with Gasteiger partial charge in [-0.1, -0.05) is 60.7 Å². The van der Waals surface area contributed by atoms with Crippen LogP contribution in [0.15, 0.2) is 88.6 Å². The van der Waals surface area contributed by atoms with Crippen LogP contribution in [0, 0.1) is 0 Å². The molecule has 1 N–H and O–H groups in total. The third-order valence-corrected chi connectivity index (χ3v) is 3.74. The maximum atomic E-state index is 12.8. The van der Waals surface area contributed by atoms with E-state index in [0.29, 0.717) is 11.5 Å². The van der Waals surface area contributed by atoms with Crippen LogP contribution in [0.4, 0.5) is 0 Å². The van der Waals surface area contributed by atoms with E-state index in [1.165, 1.54) is 0 Å². The molecule has 2 aromatic carbocycles. The van der Waals surface area contributed by atoms with Crippen molar-refractivity contribution in [1.82, 2.24) is 5.43 Å². The molecule has 1 aromatic heterocycles. The van der Waals surface area contributed by atoms with Crippen molar-refractivity contribution in [2.75, 3.05) is 0 Å². The molecule has 120 valence electrons. The third-order valence-electron chi connectivity index (χ3n) is 3.74. The summed E-state index contributed by atoms with van der Waals surface area (Å²) in [6, 6.07) is 22.9. The van der Waals surface area contributed by atoms with Crippen molar-refractivity contribution in [3.63, 3.8) is 0 Å². The Morgan fingerprint density at radius 3 is 2.00 bits per heavy atom. The highest BCUT2D eigenvalue weighted by Crippen LogP contribution is 2.24. The smallest absolute Gasteiger partial charge is 0.252 e. The van der Waals surface area contributed by atoms with E-state index in [-0.39, 0.29) is 5.91 Å². The summed E-state index contributed by atoms with van der Waals surface area (Å²) >= 11 is 0. The topological polar surface area (TPSA) is 54.6 Å². The lowest BCUT2D eigenvalue weighted by Crippen LogP contribution is -2.27. The minimum Gasteiger partial charge on any atom is -0.463 e. The molecule has 3 rings (SSSR count). The van der Waals surface area contributed by atoms with Crippen LogP contribution >= 0.6 is 0 Å². The second-order valence-electron chi connectivity index (χ2n) is 5.40. The summed E-state index contributed by atoms with van der Waals surface area (Å²) in [6.07, 6.45) is 1.58. The fourth-order valence-electron chi connectivity index (χ4n) is 2.53. The van der Waals surface area contributed by atoms with Crippen molar-refractivity contribution < 1.29 is 9.21 Å². The molecule has 0 aliphatic heterocycles. The third kappa shape index (κ3) is 3.60. The van der Waals surface area contributed by atoms with Gasteiger partial charge in [-0.2, -0.15) is 5.10 Å². The van der Waals surface area contributed by atoms with Gasteiger partial charge in [0.05, 0.1) is 12.2 Å². The maximum Gasteiger partial charge on any atom is 0.252 e. The van der Waals surface area contributed by atoms with Crippen LogP contribution < -0.4 is 5.43 Å². The highest BCUT2D eigenvalue weighted by atomic mass is 16.3. The summed E-state index contributed by atoms with van der Waals surface area (Å²) in [5.41, 5.74) is 5.12. The molecule has 0 saturated carbocycles. The minimum atomic E-state index is -0.416. The Morgan fingerprint density at radius 2 is 1.50 bits per heavy atom. The highest BCUT2D eigenvalue weighted by Gasteiger charge is 2.22. The zero-order valence-corrected chi connectivity index (χ0v) is 13.3. The molecule has 0 unspecified atom stereocenters. The van der Waals surface area contributed by atoms with Gasteiger partial charge in [-0.25, -0.2) is 5.43 Å². The molecular weight excluding hydrogens is 300 g/mol. The second-order valence-corrected chi connectivity index (χ2v) is 5.40. The molecule has 0 fully saturated rings. The zero-order valence-electron chi connectivity index (χ0n) is 13.3. The van der Waals surface area contributed by atoms with E-state index >= 15 is 0 Å². The molecule has 0 bridgehead atoms. The van der Waals surface area contributed by atoms with Crippen molar-refractivity contribution in [2.45, 2.75) is 12.8 Å². The zero-order chi connectivity index (χ0) is 16.8. The molecule has 0 atom stereocenters. The van der Waals surface area contributed by atoms with Crippen LogP contribution in [-0.4, -0.2) is 11.6 Å². The summed E-state index contributed by atoms with van der Waals surface area (Å²) < 4.78 is 5.28. The van der Waals surface area contributed by atoms with Gasteiger partial charge in [0.2, 0.25) is 0 Å². The Balaban J connectivity index is 1.86. The summed E-state index contributed by atoms with van der Waals surface area (Å²) in [4.78, 5) is 12.8. The van der Waals surface area contributed by atoms with Crippen LogP contribution in [-0.2, 0) is 4.79 Å². The molecule has 4 heteroatoms. The van der Waals surface area contributed by atoms with Gasteiger partial charge < -0.3 is 4.42 Å². The van der Waals surface area contributed by atoms with Gasteiger partial charge in [0.25, 0.3) is 5.91 Å². The number of carbonyl (C=O) groups excluding carboxylic acids is 1. The average Bonchev–Trinajstić information content (AvgIpc) is 3.16. The Kier molecular flexibility index (Phi) is 4.87. The van der Waals surface area contributed by atoms with Crippen LogP contribution in [0.5, 0.6) is 0 Å². The number of carbonyl (C=O) groups is 1. The molecule has 24 heavy (non-hydrogen) atoms. The monoisotopic (exact) mass is 318 g/mol. The van der Waals surface area contributed by atoms with Gasteiger partial charge in [-0.3, -0.25) is 4.79 Å². The molecule has 4 nitrogen and oxygen atoms in total. The van der Waals surface area contributed by atoms with E-state index in [1.807, 2.05) is 60.7 Å². The van der Waals surface area contributed by atoms with Gasteiger partial charge in [0.1, 0.15) is 11.5 Å². The summed E-state index contributed by atoms with van der Waals surface area (Å²) in [5.74, 6) is 0.0325. The van der Waals surface area contributed by atoms with Crippen molar-refractivity contribution >= 4 is 11.6 Å². The van der Waals surface area contributed by atoms with E-state index in [1.54, 1.807) is 25.3 Å². The van der Waals surface area contributed by atoms with E-state index in [0.717, 1.165) is 11.1 Å². The van der Waals surface area contributed by atoms with Gasteiger partial charge >= 0.3 is 0 Å².